The fraction of sp³-hybridized carbons (Fsp3) is 0.314. The van der Waals surface area contributed by atoms with Crippen LogP contribution in [-0.2, 0) is 20.6 Å². The molecule has 0 radical (unpaired) electrons. The first kappa shape index (κ1) is 34.0. The quantitative estimate of drug-likeness (QED) is 0.124. The second-order valence-corrected chi connectivity index (χ2v) is 15.3. The van der Waals surface area contributed by atoms with E-state index >= 15 is 0 Å². The molecule has 0 spiro atoms. The Morgan fingerprint density at radius 3 is 2.44 bits per heavy atom. The van der Waals surface area contributed by atoms with Crippen molar-refractivity contribution in [2.75, 3.05) is 23.9 Å². The lowest BCUT2D eigenvalue weighted by Gasteiger charge is -2.43. The van der Waals surface area contributed by atoms with Gasteiger partial charge in [-0.3, -0.25) is 34.2 Å². The van der Waals surface area contributed by atoms with Gasteiger partial charge in [-0.15, -0.1) is 11.8 Å². The molecule has 17 heteroatoms. The van der Waals surface area contributed by atoms with Crippen molar-refractivity contribution in [3.8, 4) is 11.5 Å². The van der Waals surface area contributed by atoms with Crippen LogP contribution < -0.4 is 24.6 Å². The van der Waals surface area contributed by atoms with Crippen LogP contribution in [0.2, 0.25) is 0 Å². The number of aromatic nitrogens is 1. The second-order valence-electron chi connectivity index (χ2n) is 13.1. The minimum absolute atomic E-state index is 0.0387. The van der Waals surface area contributed by atoms with Crippen LogP contribution in [0.1, 0.15) is 28.3 Å². The zero-order valence-corrected chi connectivity index (χ0v) is 28.6. The minimum atomic E-state index is -4.57. The number of thioether (sulfide) groups is 1. The molecule has 3 fully saturated rings. The Morgan fingerprint density at radius 2 is 1.75 bits per heavy atom. The standard InChI is InChI=1S/C35H27F3N4O8S2/c1-49-23-11-15(5-10-22(23)50-14-24(43)39-17-4-2-3-16(12-17)35(36,37)38)25-26-20-13-21(29(26)51-31-30(25)52-34(46)40-31)28-27(20)32(44)41(33(28)45)18-6-8-19(9-7-18)42(47)48/h2-12,20-21,25-29H,13-14H2,1H3,(H,39,43)(H,40,46)/t20-,21-,25-,26?,27?,28?,29?/m1/s1. The summed E-state index contributed by atoms with van der Waals surface area (Å²) in [5.41, 5.74) is -0.0348. The summed E-state index contributed by atoms with van der Waals surface area (Å²) in [6, 6.07) is 14.8. The first-order valence-corrected chi connectivity index (χ1v) is 17.8. The topological polar surface area (TPSA) is 161 Å². The maximum absolute atomic E-state index is 14.0. The van der Waals surface area contributed by atoms with Gasteiger partial charge in [-0.2, -0.15) is 13.2 Å². The summed E-state index contributed by atoms with van der Waals surface area (Å²) in [4.78, 5) is 68.5. The molecular formula is C35H27F3N4O8S2. The number of methoxy groups -OCH3 is 1. The van der Waals surface area contributed by atoms with Crippen molar-refractivity contribution in [3.63, 3.8) is 0 Å². The molecule has 4 aromatic rings. The molecule has 52 heavy (non-hydrogen) atoms. The molecule has 2 saturated carbocycles. The van der Waals surface area contributed by atoms with Gasteiger partial charge in [0.25, 0.3) is 11.6 Å². The molecule has 1 saturated heterocycles. The summed E-state index contributed by atoms with van der Waals surface area (Å²) in [5, 5.41) is 14.2. The third-order valence-electron chi connectivity index (χ3n) is 10.4. The van der Waals surface area contributed by atoms with Crippen LogP contribution >= 0.6 is 23.1 Å². The summed E-state index contributed by atoms with van der Waals surface area (Å²) >= 11 is 2.61. The number of hydrogen-bond acceptors (Lipinski definition) is 10. The number of carbonyl (C=O) groups excluding carboxylic acids is 3. The molecule has 1 aromatic heterocycles. The monoisotopic (exact) mass is 752 g/mol. The van der Waals surface area contributed by atoms with Gasteiger partial charge in [0, 0.05) is 33.9 Å². The predicted octanol–water partition coefficient (Wildman–Crippen LogP) is 6.07. The van der Waals surface area contributed by atoms with Gasteiger partial charge < -0.3 is 19.8 Å². The molecule has 8 rings (SSSR count). The first-order valence-electron chi connectivity index (χ1n) is 16.1. The summed E-state index contributed by atoms with van der Waals surface area (Å²) in [6.07, 6.45) is -3.92. The number of aromatic amines is 1. The molecule has 268 valence electrons. The Kier molecular flexibility index (Phi) is 8.17. The van der Waals surface area contributed by atoms with Crippen molar-refractivity contribution >= 4 is 57.9 Å². The molecule has 7 atom stereocenters. The highest BCUT2D eigenvalue weighted by molar-refractivity contribution is 8.00. The number of fused-ring (bicyclic) bond motifs is 9. The molecular weight excluding hydrogens is 726 g/mol. The number of nitrogens with one attached hydrogen (secondary N) is 2. The van der Waals surface area contributed by atoms with Crippen molar-refractivity contribution in [2.45, 2.75) is 28.8 Å². The number of carbonyl (C=O) groups is 3. The maximum atomic E-state index is 14.0. The van der Waals surface area contributed by atoms with E-state index < -0.39 is 41.0 Å². The number of benzene rings is 3. The van der Waals surface area contributed by atoms with Crippen molar-refractivity contribution in [1.29, 1.82) is 0 Å². The number of hydrogen-bond donors (Lipinski definition) is 2. The number of ether oxygens (including phenoxy) is 2. The molecule has 3 amide bonds. The van der Waals surface area contributed by atoms with Crippen LogP contribution in [0.25, 0.3) is 0 Å². The first-order chi connectivity index (χ1) is 24.8. The number of halogens is 3. The lowest BCUT2D eigenvalue weighted by molar-refractivity contribution is -0.384. The third kappa shape index (κ3) is 5.53. The number of thiazole rings is 1. The molecule has 2 aliphatic heterocycles. The Labute approximate surface area is 300 Å². The Balaban J connectivity index is 1.06. The molecule has 4 unspecified atom stereocenters. The van der Waals surface area contributed by atoms with E-state index in [0.717, 1.165) is 38.8 Å². The summed E-state index contributed by atoms with van der Waals surface area (Å²) in [6.45, 7) is -0.519. The van der Waals surface area contributed by atoms with Crippen LogP contribution in [0.4, 0.5) is 30.2 Å². The molecule has 2 aliphatic carbocycles. The van der Waals surface area contributed by atoms with Gasteiger partial charge in [0.15, 0.2) is 18.1 Å². The zero-order chi connectivity index (χ0) is 36.6. The summed E-state index contributed by atoms with van der Waals surface area (Å²) < 4.78 is 50.7. The normalized spacial score (nSPS) is 25.8. The third-order valence-corrected chi connectivity index (χ3v) is 13.0. The van der Waals surface area contributed by atoms with Crippen molar-refractivity contribution in [3.05, 3.63) is 103 Å². The molecule has 12 nitrogen and oxygen atoms in total. The van der Waals surface area contributed by atoms with Crippen LogP contribution in [0, 0.1) is 39.7 Å². The summed E-state index contributed by atoms with van der Waals surface area (Å²) in [5.74, 6) is -2.81. The largest absolute Gasteiger partial charge is 0.493 e. The Morgan fingerprint density at radius 1 is 1.02 bits per heavy atom. The van der Waals surface area contributed by atoms with Gasteiger partial charge in [0.1, 0.15) is 0 Å². The smallest absolute Gasteiger partial charge is 0.416 e. The van der Waals surface area contributed by atoms with Gasteiger partial charge >= 0.3 is 11.0 Å². The van der Waals surface area contributed by atoms with Crippen molar-refractivity contribution in [2.24, 2.45) is 29.6 Å². The van der Waals surface area contributed by atoms with Gasteiger partial charge in [-0.1, -0.05) is 23.5 Å². The van der Waals surface area contributed by atoms with E-state index in [0.29, 0.717) is 11.4 Å². The maximum Gasteiger partial charge on any atom is 0.416 e. The van der Waals surface area contributed by atoms with E-state index in [1.54, 1.807) is 18.2 Å². The fourth-order valence-corrected chi connectivity index (χ4v) is 11.4. The lowest BCUT2D eigenvalue weighted by atomic mass is 9.68. The number of nitro benzene ring substituents is 1. The van der Waals surface area contributed by atoms with E-state index in [9.17, 15) is 42.5 Å². The number of rotatable bonds is 8. The predicted molar refractivity (Wildman–Crippen MR) is 183 cm³/mol. The lowest BCUT2D eigenvalue weighted by Crippen LogP contribution is -2.42. The van der Waals surface area contributed by atoms with Gasteiger partial charge in [-0.05, 0) is 72.2 Å². The Hall–Kier alpha value is -5.16. The highest BCUT2D eigenvalue weighted by atomic mass is 32.2. The average molecular weight is 753 g/mol. The van der Waals surface area contributed by atoms with Crippen molar-refractivity contribution < 1.29 is 42.0 Å². The Bertz CT molecular complexity index is 2210. The van der Waals surface area contributed by atoms with Gasteiger partial charge in [-0.25, -0.2) is 0 Å². The number of alkyl halides is 3. The van der Waals surface area contributed by atoms with Crippen LogP contribution in [0.5, 0.6) is 11.5 Å². The molecule has 3 aromatic carbocycles. The number of H-pyrrole nitrogens is 1. The fourth-order valence-electron chi connectivity index (χ4n) is 8.48. The second kappa shape index (κ2) is 12.5. The van der Waals surface area contributed by atoms with Crippen LogP contribution in [0.15, 0.2) is 76.6 Å². The van der Waals surface area contributed by atoms with Gasteiger partial charge in [0.2, 0.25) is 11.8 Å². The van der Waals surface area contributed by atoms with Crippen LogP contribution in [0.3, 0.4) is 0 Å². The molecule has 4 aliphatic rings. The van der Waals surface area contributed by atoms with E-state index in [-0.39, 0.29) is 74.2 Å². The highest BCUT2D eigenvalue weighted by Crippen LogP contribution is 2.69. The molecule has 2 N–H and O–H groups in total. The summed E-state index contributed by atoms with van der Waals surface area (Å²) in [7, 11) is 1.42. The zero-order valence-electron chi connectivity index (χ0n) is 26.9. The van der Waals surface area contributed by atoms with E-state index in [4.69, 9.17) is 9.47 Å². The van der Waals surface area contributed by atoms with E-state index in [2.05, 4.69) is 10.3 Å². The van der Waals surface area contributed by atoms with Crippen molar-refractivity contribution in [1.82, 2.24) is 4.98 Å². The van der Waals surface area contributed by atoms with E-state index in [1.807, 2.05) is 0 Å². The molecule has 3 heterocycles. The number of anilines is 2. The van der Waals surface area contributed by atoms with Crippen LogP contribution in [-0.4, -0.2) is 46.6 Å². The van der Waals surface area contributed by atoms with E-state index in [1.165, 1.54) is 55.3 Å². The number of non-ortho nitro benzene ring substituents is 1. The number of nitro groups is 1. The average Bonchev–Trinajstić information content (AvgIpc) is 3.85. The number of imide groups is 1. The minimum Gasteiger partial charge on any atom is -0.493 e. The molecule has 2 bridgehead atoms. The number of amides is 3. The number of nitrogens with zero attached hydrogens (tertiary/aromatic N) is 2. The SMILES string of the molecule is COc1cc([C@H]2c3sc(=O)[nH]c3SC3C2[C@H]2C[C@@H]3C3C(=O)N(c4ccc([N+](=O)[O-])cc4)C(=O)C32)ccc1OCC(=O)Nc1cccc(C(F)(F)F)c1. The highest BCUT2D eigenvalue weighted by Gasteiger charge is 2.69. The van der Waals surface area contributed by atoms with Gasteiger partial charge in [0.05, 0.1) is 40.1 Å².